The van der Waals surface area contributed by atoms with Crippen LogP contribution in [-0.4, -0.2) is 11.3 Å². The molecule has 0 bridgehead atoms. The zero-order valence-corrected chi connectivity index (χ0v) is 16.6. The predicted molar refractivity (Wildman–Crippen MR) is 104 cm³/mol. The summed E-state index contributed by atoms with van der Waals surface area (Å²) in [6.07, 6.45) is 9.91. The van der Waals surface area contributed by atoms with E-state index in [1.165, 1.54) is 42.4 Å². The molecule has 2 nitrogen and oxygen atoms in total. The number of ketones is 1. The van der Waals surface area contributed by atoms with Crippen LogP contribution in [0.2, 0.25) is 0 Å². The highest BCUT2D eigenvalue weighted by molar-refractivity contribution is 9.10. The Labute approximate surface area is 154 Å². The molecule has 1 saturated carbocycles. The Morgan fingerprint density at radius 3 is 2.54 bits per heavy atom. The highest BCUT2D eigenvalue weighted by Crippen LogP contribution is 2.34. The minimum absolute atomic E-state index is 0.0250. The average molecular weight is 390 g/mol. The van der Waals surface area contributed by atoms with Crippen molar-refractivity contribution < 1.29 is 4.79 Å². The third-order valence-corrected chi connectivity index (χ3v) is 6.18. The van der Waals surface area contributed by atoms with Crippen LogP contribution in [0.15, 0.2) is 22.7 Å². The van der Waals surface area contributed by atoms with Gasteiger partial charge in [-0.3, -0.25) is 4.79 Å². The number of benzene rings is 1. The average Bonchev–Trinajstić information content (AvgIpc) is 2.77. The third kappa shape index (κ3) is 3.93. The lowest BCUT2D eigenvalue weighted by Crippen LogP contribution is -2.44. The molecule has 1 aromatic carbocycles. The second-order valence-corrected chi connectivity index (χ2v) is 8.95. The van der Waals surface area contributed by atoms with Gasteiger partial charge in [0.1, 0.15) is 0 Å². The van der Waals surface area contributed by atoms with Crippen LogP contribution in [0.3, 0.4) is 0 Å². The number of hydrogen-bond donors (Lipinski definition) is 1. The highest BCUT2D eigenvalue weighted by Gasteiger charge is 2.29. The summed E-state index contributed by atoms with van der Waals surface area (Å²) in [4.78, 5) is 12.9. The number of hydrogen-bond acceptors (Lipinski definition) is 2. The Kier molecular flexibility index (Phi) is 5.19. The molecule has 0 atom stereocenters. The number of fused-ring (bicyclic) bond motifs is 1. The van der Waals surface area contributed by atoms with Gasteiger partial charge in [0.25, 0.3) is 0 Å². The second kappa shape index (κ2) is 7.03. The molecule has 0 unspecified atom stereocenters. The lowest BCUT2D eigenvalue weighted by Gasteiger charge is -2.36. The zero-order chi connectivity index (χ0) is 17.3. The van der Waals surface area contributed by atoms with Crippen molar-refractivity contribution in [1.29, 1.82) is 0 Å². The SMILES string of the molecule is Cc1cc2c(cc1Br)C(=CC(=O)C1CCCCCC1)NC(C)(C)C2. The Hall–Kier alpha value is -1.09. The van der Waals surface area contributed by atoms with Gasteiger partial charge in [-0.05, 0) is 57.2 Å². The Morgan fingerprint density at radius 1 is 1.21 bits per heavy atom. The monoisotopic (exact) mass is 389 g/mol. The van der Waals surface area contributed by atoms with Crippen molar-refractivity contribution in [3.63, 3.8) is 0 Å². The van der Waals surface area contributed by atoms with Crippen LogP contribution >= 0.6 is 15.9 Å². The van der Waals surface area contributed by atoms with Gasteiger partial charge in [0.15, 0.2) is 5.78 Å². The topological polar surface area (TPSA) is 29.1 Å². The highest BCUT2D eigenvalue weighted by atomic mass is 79.9. The number of allylic oxidation sites excluding steroid dienone is 1. The molecule has 3 heteroatoms. The molecule has 24 heavy (non-hydrogen) atoms. The van der Waals surface area contributed by atoms with Gasteiger partial charge in [-0.1, -0.05) is 47.7 Å². The standard InChI is InChI=1S/C21H28BrNO/c1-14-10-16-13-21(2,3)23-19(17(16)11-18(14)22)12-20(24)15-8-6-4-5-7-9-15/h10-12,15,23H,4-9,13H2,1-3H3. The van der Waals surface area contributed by atoms with Gasteiger partial charge in [-0.15, -0.1) is 0 Å². The molecule has 0 saturated heterocycles. The van der Waals surface area contributed by atoms with Crippen LogP contribution in [0.1, 0.15) is 69.1 Å². The summed E-state index contributed by atoms with van der Waals surface area (Å²) in [5, 5.41) is 3.60. The molecule has 0 aromatic heterocycles. The summed E-state index contributed by atoms with van der Waals surface area (Å²) in [5.74, 6) is 0.518. The minimum Gasteiger partial charge on any atom is -0.379 e. The molecule has 1 aromatic rings. The molecule has 0 amide bonds. The van der Waals surface area contributed by atoms with E-state index >= 15 is 0 Å². The normalized spacial score (nSPS) is 22.6. The van der Waals surface area contributed by atoms with E-state index in [0.717, 1.165) is 29.4 Å². The number of carbonyl (C=O) groups is 1. The zero-order valence-electron chi connectivity index (χ0n) is 15.0. The quantitative estimate of drug-likeness (QED) is 0.529. The number of halogens is 1. The van der Waals surface area contributed by atoms with Crippen molar-refractivity contribution in [2.45, 2.75) is 71.3 Å². The number of carbonyl (C=O) groups excluding carboxylic acids is 1. The number of aryl methyl sites for hydroxylation is 1. The van der Waals surface area contributed by atoms with Crippen LogP contribution in [0.25, 0.3) is 5.70 Å². The molecule has 1 aliphatic carbocycles. The first-order valence-corrected chi connectivity index (χ1v) is 9.98. The van der Waals surface area contributed by atoms with Crippen LogP contribution in [0.4, 0.5) is 0 Å². The fourth-order valence-corrected chi connectivity index (χ4v) is 4.37. The van der Waals surface area contributed by atoms with Crippen molar-refractivity contribution in [2.24, 2.45) is 5.92 Å². The smallest absolute Gasteiger partial charge is 0.160 e. The first-order valence-electron chi connectivity index (χ1n) is 9.19. The maximum absolute atomic E-state index is 12.9. The van der Waals surface area contributed by atoms with E-state index in [9.17, 15) is 4.79 Å². The van der Waals surface area contributed by atoms with E-state index < -0.39 is 0 Å². The summed E-state index contributed by atoms with van der Waals surface area (Å²) < 4.78 is 1.11. The van der Waals surface area contributed by atoms with E-state index in [0.29, 0.717) is 5.78 Å². The lowest BCUT2D eigenvalue weighted by atomic mass is 9.84. The summed E-state index contributed by atoms with van der Waals surface area (Å²) in [5.41, 5.74) is 4.73. The summed E-state index contributed by atoms with van der Waals surface area (Å²) in [7, 11) is 0. The van der Waals surface area contributed by atoms with Gasteiger partial charge in [0.05, 0.1) is 0 Å². The molecule has 0 radical (unpaired) electrons. The summed E-state index contributed by atoms with van der Waals surface area (Å²) >= 11 is 3.64. The largest absolute Gasteiger partial charge is 0.379 e. The van der Waals surface area contributed by atoms with Crippen LogP contribution < -0.4 is 5.32 Å². The molecular weight excluding hydrogens is 362 g/mol. The van der Waals surface area contributed by atoms with Gasteiger partial charge >= 0.3 is 0 Å². The van der Waals surface area contributed by atoms with Crippen LogP contribution in [-0.2, 0) is 11.2 Å². The maximum atomic E-state index is 12.9. The molecule has 3 rings (SSSR count). The second-order valence-electron chi connectivity index (χ2n) is 8.09. The number of rotatable bonds is 2. The van der Waals surface area contributed by atoms with Gasteiger partial charge in [-0.2, -0.15) is 0 Å². The lowest BCUT2D eigenvalue weighted by molar-refractivity contribution is -0.118. The first kappa shape index (κ1) is 17.7. The molecule has 2 aliphatic rings. The maximum Gasteiger partial charge on any atom is 0.160 e. The van der Waals surface area contributed by atoms with Gasteiger partial charge in [0, 0.05) is 33.3 Å². The third-order valence-electron chi connectivity index (χ3n) is 5.32. The molecule has 1 N–H and O–H groups in total. The van der Waals surface area contributed by atoms with E-state index in [4.69, 9.17) is 0 Å². The van der Waals surface area contributed by atoms with Crippen LogP contribution in [0.5, 0.6) is 0 Å². The van der Waals surface area contributed by atoms with Crippen molar-refractivity contribution in [3.05, 3.63) is 39.4 Å². The molecule has 1 aliphatic heterocycles. The van der Waals surface area contributed by atoms with Gasteiger partial charge < -0.3 is 5.32 Å². The van der Waals surface area contributed by atoms with E-state index in [1.807, 2.05) is 6.08 Å². The molecular formula is C21H28BrNO. The Morgan fingerprint density at radius 2 is 1.88 bits per heavy atom. The Bertz CT molecular complexity index is 667. The molecule has 130 valence electrons. The number of nitrogens with one attached hydrogen (secondary N) is 1. The van der Waals surface area contributed by atoms with E-state index in [-0.39, 0.29) is 11.5 Å². The molecule has 1 fully saturated rings. The van der Waals surface area contributed by atoms with Crippen molar-refractivity contribution in [3.8, 4) is 0 Å². The van der Waals surface area contributed by atoms with E-state index in [1.54, 1.807) is 0 Å². The van der Waals surface area contributed by atoms with E-state index in [2.05, 4.69) is 54.2 Å². The fourth-order valence-electron chi connectivity index (χ4n) is 4.03. The van der Waals surface area contributed by atoms with Gasteiger partial charge in [0.2, 0.25) is 0 Å². The fraction of sp³-hybridized carbons (Fsp3) is 0.571. The summed E-state index contributed by atoms with van der Waals surface area (Å²) in [6.45, 7) is 6.54. The summed E-state index contributed by atoms with van der Waals surface area (Å²) in [6, 6.07) is 4.42. The predicted octanol–water partition coefficient (Wildman–Crippen LogP) is 5.56. The van der Waals surface area contributed by atoms with Crippen molar-refractivity contribution in [2.75, 3.05) is 0 Å². The van der Waals surface area contributed by atoms with Crippen LogP contribution in [0, 0.1) is 12.8 Å². The van der Waals surface area contributed by atoms with Crippen molar-refractivity contribution in [1.82, 2.24) is 5.32 Å². The molecule has 0 spiro atoms. The Balaban J connectivity index is 1.94. The van der Waals surface area contributed by atoms with Crippen molar-refractivity contribution >= 4 is 27.4 Å². The molecule has 1 heterocycles. The first-order chi connectivity index (χ1) is 11.4. The van der Waals surface area contributed by atoms with Gasteiger partial charge in [-0.25, -0.2) is 0 Å². The minimum atomic E-state index is -0.0250.